The molecular formula is C13H15FN2O. The third kappa shape index (κ3) is 2.30. The first kappa shape index (κ1) is 11.6. The Morgan fingerprint density at radius 3 is 2.82 bits per heavy atom. The van der Waals surface area contributed by atoms with Gasteiger partial charge in [0.2, 0.25) is 5.91 Å². The number of benzene rings is 1. The Kier molecular flexibility index (Phi) is 3.13. The van der Waals surface area contributed by atoms with E-state index in [1.807, 2.05) is 16.8 Å². The van der Waals surface area contributed by atoms with Crippen molar-refractivity contribution in [1.82, 2.24) is 9.47 Å². The number of amides is 1. The molecule has 2 rings (SSSR count). The van der Waals surface area contributed by atoms with Gasteiger partial charge in [0, 0.05) is 38.6 Å². The van der Waals surface area contributed by atoms with E-state index in [0.29, 0.717) is 18.4 Å². The summed E-state index contributed by atoms with van der Waals surface area (Å²) in [4.78, 5) is 13.0. The zero-order valence-corrected chi connectivity index (χ0v) is 9.98. The minimum absolute atomic E-state index is 0.0725. The Labute approximate surface area is 99.4 Å². The summed E-state index contributed by atoms with van der Waals surface area (Å²) >= 11 is 0. The number of hydrogen-bond donors (Lipinski definition) is 0. The Bertz CT molecular complexity index is 545. The average molecular weight is 234 g/mol. The van der Waals surface area contributed by atoms with Crippen LogP contribution >= 0.6 is 0 Å². The number of hydrogen-bond acceptors (Lipinski definition) is 1. The van der Waals surface area contributed by atoms with Crippen molar-refractivity contribution in [3.63, 3.8) is 0 Å². The summed E-state index contributed by atoms with van der Waals surface area (Å²) in [7, 11) is 3.46. The summed E-state index contributed by atoms with van der Waals surface area (Å²) < 4.78 is 15.3. The van der Waals surface area contributed by atoms with Crippen LogP contribution < -0.4 is 0 Å². The number of carbonyl (C=O) groups is 1. The van der Waals surface area contributed by atoms with E-state index in [-0.39, 0.29) is 11.7 Å². The SMILES string of the molecule is CN(C)C(=O)CCn1ccc2c(F)cccc21. The van der Waals surface area contributed by atoms with Crippen LogP contribution in [0.25, 0.3) is 10.9 Å². The van der Waals surface area contributed by atoms with Gasteiger partial charge in [0.05, 0.1) is 5.52 Å². The number of halogens is 1. The van der Waals surface area contributed by atoms with Gasteiger partial charge in [-0.3, -0.25) is 4.79 Å². The summed E-state index contributed by atoms with van der Waals surface area (Å²) in [5.74, 6) is -0.150. The molecule has 0 atom stereocenters. The Morgan fingerprint density at radius 1 is 1.35 bits per heavy atom. The van der Waals surface area contributed by atoms with Crippen LogP contribution in [0.4, 0.5) is 4.39 Å². The summed E-state index contributed by atoms with van der Waals surface area (Å²) in [6, 6.07) is 6.73. The largest absolute Gasteiger partial charge is 0.349 e. The molecule has 0 saturated heterocycles. The first-order valence-electron chi connectivity index (χ1n) is 5.53. The molecule has 17 heavy (non-hydrogen) atoms. The molecule has 2 aromatic rings. The van der Waals surface area contributed by atoms with Gasteiger partial charge in [-0.15, -0.1) is 0 Å². The molecule has 0 unspecified atom stereocenters. The quantitative estimate of drug-likeness (QED) is 0.799. The second kappa shape index (κ2) is 4.57. The summed E-state index contributed by atoms with van der Waals surface area (Å²) in [5.41, 5.74) is 0.830. The molecule has 90 valence electrons. The Hall–Kier alpha value is -1.84. The van der Waals surface area contributed by atoms with Crippen LogP contribution in [0.2, 0.25) is 0 Å². The van der Waals surface area contributed by atoms with Crippen molar-refractivity contribution in [1.29, 1.82) is 0 Å². The predicted molar refractivity (Wildman–Crippen MR) is 65.2 cm³/mol. The van der Waals surface area contributed by atoms with Crippen LogP contribution in [-0.4, -0.2) is 29.5 Å². The molecule has 0 fully saturated rings. The number of aryl methyl sites for hydroxylation is 1. The lowest BCUT2D eigenvalue weighted by molar-refractivity contribution is -0.128. The van der Waals surface area contributed by atoms with Gasteiger partial charge in [0.15, 0.2) is 0 Å². The molecule has 1 heterocycles. The van der Waals surface area contributed by atoms with E-state index in [4.69, 9.17) is 0 Å². The second-order valence-corrected chi connectivity index (χ2v) is 4.22. The third-order valence-corrected chi connectivity index (χ3v) is 2.83. The second-order valence-electron chi connectivity index (χ2n) is 4.22. The fraction of sp³-hybridized carbons (Fsp3) is 0.308. The monoisotopic (exact) mass is 234 g/mol. The molecule has 0 aliphatic carbocycles. The van der Waals surface area contributed by atoms with Gasteiger partial charge in [-0.25, -0.2) is 4.39 Å². The molecule has 1 aromatic heterocycles. The minimum atomic E-state index is -0.222. The number of rotatable bonds is 3. The molecule has 0 N–H and O–H groups in total. The number of fused-ring (bicyclic) bond motifs is 1. The third-order valence-electron chi connectivity index (χ3n) is 2.83. The van der Waals surface area contributed by atoms with Crippen molar-refractivity contribution in [2.45, 2.75) is 13.0 Å². The van der Waals surface area contributed by atoms with Crippen molar-refractivity contribution in [3.8, 4) is 0 Å². The van der Waals surface area contributed by atoms with Crippen LogP contribution in [0.3, 0.4) is 0 Å². The van der Waals surface area contributed by atoms with Crippen molar-refractivity contribution in [3.05, 3.63) is 36.3 Å². The highest BCUT2D eigenvalue weighted by atomic mass is 19.1. The van der Waals surface area contributed by atoms with E-state index in [9.17, 15) is 9.18 Å². The molecule has 4 heteroatoms. The highest BCUT2D eigenvalue weighted by Gasteiger charge is 2.07. The van der Waals surface area contributed by atoms with E-state index < -0.39 is 0 Å². The molecule has 0 spiro atoms. The van der Waals surface area contributed by atoms with Crippen LogP contribution in [-0.2, 0) is 11.3 Å². The maximum atomic E-state index is 13.4. The maximum Gasteiger partial charge on any atom is 0.223 e. The number of aromatic nitrogens is 1. The van der Waals surface area contributed by atoms with Gasteiger partial charge in [-0.2, -0.15) is 0 Å². The van der Waals surface area contributed by atoms with Crippen molar-refractivity contribution in [2.24, 2.45) is 0 Å². The van der Waals surface area contributed by atoms with Crippen LogP contribution in [0.15, 0.2) is 30.5 Å². The van der Waals surface area contributed by atoms with Gasteiger partial charge in [-0.05, 0) is 18.2 Å². The van der Waals surface area contributed by atoms with E-state index in [1.165, 1.54) is 6.07 Å². The van der Waals surface area contributed by atoms with Crippen molar-refractivity contribution < 1.29 is 9.18 Å². The van der Waals surface area contributed by atoms with E-state index in [0.717, 1.165) is 5.52 Å². The van der Waals surface area contributed by atoms with E-state index in [2.05, 4.69) is 0 Å². The smallest absolute Gasteiger partial charge is 0.223 e. The lowest BCUT2D eigenvalue weighted by Crippen LogP contribution is -2.22. The van der Waals surface area contributed by atoms with Crippen molar-refractivity contribution in [2.75, 3.05) is 14.1 Å². The molecule has 0 aliphatic heterocycles. The minimum Gasteiger partial charge on any atom is -0.349 e. The molecule has 0 radical (unpaired) electrons. The average Bonchev–Trinajstić information content (AvgIpc) is 2.70. The summed E-state index contributed by atoms with van der Waals surface area (Å²) in [6.45, 7) is 0.573. The molecule has 0 aliphatic rings. The zero-order valence-electron chi connectivity index (χ0n) is 9.98. The van der Waals surface area contributed by atoms with Gasteiger partial charge < -0.3 is 9.47 Å². The summed E-state index contributed by atoms with van der Waals surface area (Å²) in [6.07, 6.45) is 2.24. The first-order valence-corrected chi connectivity index (χ1v) is 5.53. The Balaban J connectivity index is 2.20. The molecule has 3 nitrogen and oxygen atoms in total. The standard InChI is InChI=1S/C13H15FN2O/c1-15(2)13(17)7-9-16-8-6-10-11(14)4-3-5-12(10)16/h3-6,8H,7,9H2,1-2H3. The highest BCUT2D eigenvalue weighted by Crippen LogP contribution is 2.19. The number of nitrogens with zero attached hydrogens (tertiary/aromatic N) is 2. The Morgan fingerprint density at radius 2 is 2.12 bits per heavy atom. The van der Waals surface area contributed by atoms with Crippen LogP contribution in [0.5, 0.6) is 0 Å². The summed E-state index contributed by atoms with van der Waals surface area (Å²) in [5, 5.41) is 0.602. The van der Waals surface area contributed by atoms with E-state index in [1.54, 1.807) is 31.1 Å². The van der Waals surface area contributed by atoms with Gasteiger partial charge in [0.25, 0.3) is 0 Å². The fourth-order valence-corrected chi connectivity index (χ4v) is 1.82. The topological polar surface area (TPSA) is 25.2 Å². The van der Waals surface area contributed by atoms with Gasteiger partial charge >= 0.3 is 0 Å². The fourth-order valence-electron chi connectivity index (χ4n) is 1.82. The normalized spacial score (nSPS) is 10.8. The van der Waals surface area contributed by atoms with Crippen LogP contribution in [0.1, 0.15) is 6.42 Å². The molecule has 0 saturated carbocycles. The van der Waals surface area contributed by atoms with Crippen LogP contribution in [0, 0.1) is 5.82 Å². The van der Waals surface area contributed by atoms with Gasteiger partial charge in [0.1, 0.15) is 5.82 Å². The maximum absolute atomic E-state index is 13.4. The molecule has 1 aromatic carbocycles. The molecule has 0 bridgehead atoms. The zero-order chi connectivity index (χ0) is 12.4. The predicted octanol–water partition coefficient (Wildman–Crippen LogP) is 2.26. The lowest BCUT2D eigenvalue weighted by atomic mass is 10.2. The van der Waals surface area contributed by atoms with Crippen molar-refractivity contribution >= 4 is 16.8 Å². The van der Waals surface area contributed by atoms with Gasteiger partial charge in [-0.1, -0.05) is 6.07 Å². The highest BCUT2D eigenvalue weighted by molar-refractivity contribution is 5.81. The lowest BCUT2D eigenvalue weighted by Gasteiger charge is -2.11. The molecular weight excluding hydrogens is 219 g/mol. The van der Waals surface area contributed by atoms with E-state index >= 15 is 0 Å². The number of carbonyl (C=O) groups excluding carboxylic acids is 1. The first-order chi connectivity index (χ1) is 8.09. The molecule has 1 amide bonds.